The molecule has 1 heterocycles. The number of methoxy groups -OCH3 is 3. The van der Waals surface area contributed by atoms with Crippen LogP contribution in [0.2, 0.25) is 0 Å². The van der Waals surface area contributed by atoms with Gasteiger partial charge in [-0.3, -0.25) is 9.69 Å². The second-order valence-electron chi connectivity index (χ2n) is 6.77. The molecule has 2 aromatic carbocycles. The maximum absolute atomic E-state index is 12.7. The number of hydrogen-bond donors (Lipinski definition) is 1. The summed E-state index contributed by atoms with van der Waals surface area (Å²) >= 11 is 0. The molecule has 156 valence electrons. The fourth-order valence-electron chi connectivity index (χ4n) is 3.44. The molecule has 3 rings (SSSR count). The van der Waals surface area contributed by atoms with Crippen molar-refractivity contribution in [1.82, 2.24) is 4.90 Å². The maximum atomic E-state index is 12.7. The van der Waals surface area contributed by atoms with E-state index in [0.717, 1.165) is 11.1 Å². The molecule has 0 saturated heterocycles. The predicted octanol–water partition coefficient (Wildman–Crippen LogP) is 1.60. The van der Waals surface area contributed by atoms with Gasteiger partial charge in [0.25, 0.3) is 0 Å². The van der Waals surface area contributed by atoms with E-state index < -0.39 is 10.0 Å². The number of ether oxygens (including phenoxy) is 3. The fraction of sp³-hybridized carbons (Fsp3) is 0.350. The van der Waals surface area contributed by atoms with Gasteiger partial charge in [0.15, 0.2) is 17.3 Å². The number of carbonyl (C=O) groups is 1. The van der Waals surface area contributed by atoms with E-state index in [-0.39, 0.29) is 23.0 Å². The number of fused-ring (bicyclic) bond motifs is 1. The van der Waals surface area contributed by atoms with Crippen molar-refractivity contribution in [2.45, 2.75) is 17.9 Å². The van der Waals surface area contributed by atoms with Crippen molar-refractivity contribution in [2.75, 3.05) is 34.4 Å². The van der Waals surface area contributed by atoms with Crippen LogP contribution >= 0.6 is 0 Å². The Hall–Kier alpha value is -2.62. The van der Waals surface area contributed by atoms with E-state index in [2.05, 4.69) is 0 Å². The van der Waals surface area contributed by atoms with Crippen LogP contribution in [-0.2, 0) is 23.0 Å². The van der Waals surface area contributed by atoms with E-state index in [0.29, 0.717) is 36.6 Å². The van der Waals surface area contributed by atoms with Gasteiger partial charge in [-0.2, -0.15) is 0 Å². The molecular weight excluding hydrogens is 396 g/mol. The SMILES string of the molecule is COc1ccc(C(=O)CN2CCc3cc(S(N)(=O)=O)c(OC)cc3C2)cc1OC. The smallest absolute Gasteiger partial charge is 0.241 e. The lowest BCUT2D eigenvalue weighted by Gasteiger charge is -2.29. The second-order valence-corrected chi connectivity index (χ2v) is 8.30. The number of Topliss-reactive ketones (excluding diaryl/α,β-unsaturated/α-hetero) is 1. The van der Waals surface area contributed by atoms with Crippen molar-refractivity contribution in [2.24, 2.45) is 5.14 Å². The van der Waals surface area contributed by atoms with E-state index in [9.17, 15) is 13.2 Å². The minimum Gasteiger partial charge on any atom is -0.495 e. The summed E-state index contributed by atoms with van der Waals surface area (Å²) in [7, 11) is 0.592. The number of hydrogen-bond acceptors (Lipinski definition) is 7. The standard InChI is InChI=1S/C20H24N2O6S/c1-26-17-5-4-14(8-18(17)27-2)16(23)12-22-7-6-13-10-20(29(21,24)25)19(28-3)9-15(13)11-22/h4-5,8-10H,6-7,11-12H2,1-3H3,(H2,21,24,25). The Kier molecular flexibility index (Phi) is 6.11. The van der Waals surface area contributed by atoms with E-state index in [4.69, 9.17) is 19.3 Å². The average molecular weight is 420 g/mol. The summed E-state index contributed by atoms with van der Waals surface area (Å²) in [5.74, 6) is 1.23. The van der Waals surface area contributed by atoms with E-state index >= 15 is 0 Å². The molecule has 0 saturated carbocycles. The third-order valence-corrected chi connectivity index (χ3v) is 5.89. The Morgan fingerprint density at radius 2 is 1.69 bits per heavy atom. The zero-order valence-electron chi connectivity index (χ0n) is 16.6. The van der Waals surface area contributed by atoms with Gasteiger partial charge in [-0.1, -0.05) is 0 Å². The third kappa shape index (κ3) is 4.52. The Balaban J connectivity index is 1.78. The minimum absolute atomic E-state index is 0.0198. The second kappa shape index (κ2) is 8.40. The Morgan fingerprint density at radius 3 is 2.31 bits per heavy atom. The molecule has 8 nitrogen and oxygen atoms in total. The highest BCUT2D eigenvalue weighted by atomic mass is 32.2. The van der Waals surface area contributed by atoms with Gasteiger partial charge in [-0.05, 0) is 47.9 Å². The first-order valence-corrected chi connectivity index (χ1v) is 10.5. The zero-order valence-corrected chi connectivity index (χ0v) is 17.4. The number of nitrogens with two attached hydrogens (primary N) is 1. The molecule has 0 amide bonds. The number of rotatable bonds is 7. The van der Waals surface area contributed by atoms with Gasteiger partial charge < -0.3 is 14.2 Å². The van der Waals surface area contributed by atoms with Crippen molar-refractivity contribution in [3.8, 4) is 17.2 Å². The molecular formula is C20H24N2O6S. The van der Waals surface area contributed by atoms with Crippen LogP contribution in [0, 0.1) is 0 Å². The van der Waals surface area contributed by atoms with Gasteiger partial charge in [0.1, 0.15) is 10.6 Å². The van der Waals surface area contributed by atoms with E-state index in [1.165, 1.54) is 14.2 Å². The van der Waals surface area contributed by atoms with Gasteiger partial charge in [0.2, 0.25) is 10.0 Å². The molecule has 0 aliphatic carbocycles. The molecule has 2 aromatic rings. The van der Waals surface area contributed by atoms with Crippen LogP contribution in [0.4, 0.5) is 0 Å². The number of carbonyl (C=O) groups excluding carboxylic acids is 1. The highest BCUT2D eigenvalue weighted by Gasteiger charge is 2.24. The Labute approximate surface area is 170 Å². The maximum Gasteiger partial charge on any atom is 0.241 e. The summed E-state index contributed by atoms with van der Waals surface area (Å²) in [6.45, 7) is 1.37. The van der Waals surface area contributed by atoms with Crippen molar-refractivity contribution >= 4 is 15.8 Å². The number of benzene rings is 2. The quantitative estimate of drug-likeness (QED) is 0.678. The molecule has 2 N–H and O–H groups in total. The molecule has 0 fully saturated rings. The molecule has 0 aromatic heterocycles. The Morgan fingerprint density at radius 1 is 1.00 bits per heavy atom. The minimum atomic E-state index is -3.87. The summed E-state index contributed by atoms with van der Waals surface area (Å²) in [6, 6.07) is 8.33. The predicted molar refractivity (Wildman–Crippen MR) is 107 cm³/mol. The van der Waals surface area contributed by atoms with Crippen LogP contribution in [0.1, 0.15) is 21.5 Å². The average Bonchev–Trinajstić information content (AvgIpc) is 2.71. The highest BCUT2D eigenvalue weighted by molar-refractivity contribution is 7.89. The van der Waals surface area contributed by atoms with E-state index in [1.807, 2.05) is 4.90 Å². The Bertz CT molecular complexity index is 1040. The van der Waals surface area contributed by atoms with Crippen LogP contribution in [0.3, 0.4) is 0 Å². The number of ketones is 1. The first-order valence-electron chi connectivity index (χ1n) is 8.97. The lowest BCUT2D eigenvalue weighted by Crippen LogP contribution is -2.35. The van der Waals surface area contributed by atoms with Crippen molar-refractivity contribution < 1.29 is 27.4 Å². The monoisotopic (exact) mass is 420 g/mol. The summed E-state index contributed by atoms with van der Waals surface area (Å²) in [5, 5.41) is 5.29. The molecule has 9 heteroatoms. The zero-order chi connectivity index (χ0) is 21.2. The van der Waals surface area contributed by atoms with Gasteiger partial charge in [-0.15, -0.1) is 0 Å². The van der Waals surface area contributed by atoms with Crippen LogP contribution < -0.4 is 19.3 Å². The third-order valence-electron chi connectivity index (χ3n) is 4.96. The molecule has 0 spiro atoms. The van der Waals surface area contributed by atoms with Crippen LogP contribution in [0.15, 0.2) is 35.2 Å². The number of sulfonamides is 1. The van der Waals surface area contributed by atoms with Crippen LogP contribution in [0.5, 0.6) is 17.2 Å². The van der Waals surface area contributed by atoms with Gasteiger partial charge in [-0.25, -0.2) is 13.6 Å². The summed E-state index contributed by atoms with van der Waals surface area (Å²) in [6.07, 6.45) is 0.612. The number of primary sulfonamides is 1. The fourth-order valence-corrected chi connectivity index (χ4v) is 4.17. The molecule has 0 unspecified atom stereocenters. The summed E-state index contributed by atoms with van der Waals surface area (Å²) in [5.41, 5.74) is 2.35. The van der Waals surface area contributed by atoms with Crippen LogP contribution in [-0.4, -0.2) is 53.5 Å². The highest BCUT2D eigenvalue weighted by Crippen LogP contribution is 2.31. The topological polar surface area (TPSA) is 108 Å². The van der Waals surface area contributed by atoms with Crippen molar-refractivity contribution in [3.05, 3.63) is 47.0 Å². The van der Waals surface area contributed by atoms with Gasteiger partial charge in [0.05, 0.1) is 27.9 Å². The van der Waals surface area contributed by atoms with Gasteiger partial charge in [0, 0.05) is 18.7 Å². The number of nitrogens with zero attached hydrogens (tertiary/aromatic N) is 1. The molecule has 0 atom stereocenters. The van der Waals surface area contributed by atoms with Crippen LogP contribution in [0.25, 0.3) is 0 Å². The normalized spacial score (nSPS) is 14.2. The van der Waals surface area contributed by atoms with E-state index in [1.54, 1.807) is 37.4 Å². The first-order chi connectivity index (χ1) is 13.8. The molecule has 0 bridgehead atoms. The summed E-state index contributed by atoms with van der Waals surface area (Å²) in [4.78, 5) is 14.7. The lowest BCUT2D eigenvalue weighted by molar-refractivity contribution is 0.0921. The summed E-state index contributed by atoms with van der Waals surface area (Å²) < 4.78 is 39.2. The van der Waals surface area contributed by atoms with Crippen molar-refractivity contribution in [3.63, 3.8) is 0 Å². The van der Waals surface area contributed by atoms with Crippen molar-refractivity contribution in [1.29, 1.82) is 0 Å². The lowest BCUT2D eigenvalue weighted by atomic mass is 9.98. The molecule has 1 aliphatic heterocycles. The first kappa shape index (κ1) is 21.1. The van der Waals surface area contributed by atoms with Gasteiger partial charge >= 0.3 is 0 Å². The largest absolute Gasteiger partial charge is 0.495 e. The molecule has 1 aliphatic rings. The molecule has 29 heavy (non-hydrogen) atoms. The molecule has 0 radical (unpaired) electrons.